The summed E-state index contributed by atoms with van der Waals surface area (Å²) in [4.78, 5) is 36.3. The largest absolute Gasteiger partial charge is 0.466 e. The molecule has 0 bridgehead atoms. The number of rotatable bonds is 10. The second-order valence-corrected chi connectivity index (χ2v) is 8.52. The SMILES string of the molecule is CCOC(=O)CCN(C(=O)c1ccc2cnc(CCc3ccc(C(=N)N)cc3)nc2c1)c1ccccc1. The Hall–Kier alpha value is -4.59. The van der Waals surface area contributed by atoms with Crippen LogP contribution in [0.2, 0.25) is 0 Å². The molecule has 1 amide bonds. The monoisotopic (exact) mass is 495 g/mol. The molecular formula is C29H29N5O3. The van der Waals surface area contributed by atoms with Crippen molar-refractivity contribution in [2.75, 3.05) is 18.1 Å². The zero-order valence-electron chi connectivity index (χ0n) is 20.7. The van der Waals surface area contributed by atoms with Crippen LogP contribution in [-0.2, 0) is 22.4 Å². The normalized spacial score (nSPS) is 10.7. The molecule has 1 heterocycles. The van der Waals surface area contributed by atoms with Gasteiger partial charge in [0.05, 0.1) is 18.5 Å². The number of hydrogen-bond acceptors (Lipinski definition) is 6. The number of amidine groups is 1. The summed E-state index contributed by atoms with van der Waals surface area (Å²) >= 11 is 0. The second-order valence-electron chi connectivity index (χ2n) is 8.52. The van der Waals surface area contributed by atoms with Gasteiger partial charge in [-0.15, -0.1) is 0 Å². The molecule has 0 aliphatic rings. The molecule has 8 heteroatoms. The molecule has 0 aliphatic heterocycles. The number of nitrogens with zero attached hydrogens (tertiary/aromatic N) is 3. The predicted molar refractivity (Wildman–Crippen MR) is 144 cm³/mol. The summed E-state index contributed by atoms with van der Waals surface area (Å²) in [5, 5.41) is 8.35. The molecule has 0 aliphatic carbocycles. The number of benzene rings is 3. The number of carbonyl (C=O) groups is 2. The van der Waals surface area contributed by atoms with Crippen LogP contribution < -0.4 is 10.6 Å². The Morgan fingerprint density at radius 3 is 2.41 bits per heavy atom. The van der Waals surface area contributed by atoms with Crippen molar-refractivity contribution in [3.05, 3.63) is 102 Å². The number of carbonyl (C=O) groups excluding carboxylic acids is 2. The van der Waals surface area contributed by atoms with Crippen LogP contribution >= 0.6 is 0 Å². The fourth-order valence-electron chi connectivity index (χ4n) is 3.97. The minimum Gasteiger partial charge on any atom is -0.466 e. The van der Waals surface area contributed by atoms with Crippen LogP contribution in [0.5, 0.6) is 0 Å². The molecule has 0 unspecified atom stereocenters. The molecule has 0 saturated heterocycles. The van der Waals surface area contributed by atoms with E-state index in [1.165, 1.54) is 0 Å². The van der Waals surface area contributed by atoms with Crippen molar-refractivity contribution in [1.82, 2.24) is 9.97 Å². The average Bonchev–Trinajstić information content (AvgIpc) is 2.92. The number of esters is 1. The molecular weight excluding hydrogens is 466 g/mol. The number of nitrogen functional groups attached to an aromatic ring is 1. The number of hydrogen-bond donors (Lipinski definition) is 2. The van der Waals surface area contributed by atoms with E-state index in [9.17, 15) is 9.59 Å². The Bertz CT molecular complexity index is 1400. The maximum absolute atomic E-state index is 13.5. The first-order chi connectivity index (χ1) is 17.9. The van der Waals surface area contributed by atoms with E-state index in [1.54, 1.807) is 30.2 Å². The van der Waals surface area contributed by atoms with E-state index in [1.807, 2.05) is 60.7 Å². The highest BCUT2D eigenvalue weighted by molar-refractivity contribution is 6.07. The Morgan fingerprint density at radius 2 is 1.70 bits per heavy atom. The topological polar surface area (TPSA) is 122 Å². The van der Waals surface area contributed by atoms with Crippen molar-refractivity contribution in [3.8, 4) is 0 Å². The lowest BCUT2D eigenvalue weighted by atomic mass is 10.1. The number of aryl methyl sites for hydroxylation is 2. The van der Waals surface area contributed by atoms with E-state index in [2.05, 4.69) is 4.98 Å². The lowest BCUT2D eigenvalue weighted by Gasteiger charge is -2.22. The van der Waals surface area contributed by atoms with Gasteiger partial charge in [-0.3, -0.25) is 15.0 Å². The van der Waals surface area contributed by atoms with Crippen molar-refractivity contribution < 1.29 is 14.3 Å². The summed E-state index contributed by atoms with van der Waals surface area (Å²) < 4.78 is 5.05. The number of para-hydroxylation sites is 1. The number of aromatic nitrogens is 2. The number of ether oxygens (including phenoxy) is 1. The molecule has 37 heavy (non-hydrogen) atoms. The highest BCUT2D eigenvalue weighted by Gasteiger charge is 2.20. The van der Waals surface area contributed by atoms with E-state index < -0.39 is 0 Å². The van der Waals surface area contributed by atoms with Crippen molar-refractivity contribution in [3.63, 3.8) is 0 Å². The summed E-state index contributed by atoms with van der Waals surface area (Å²) in [6.45, 7) is 2.26. The zero-order valence-corrected chi connectivity index (χ0v) is 20.7. The van der Waals surface area contributed by atoms with Crippen LogP contribution in [0.1, 0.15) is 40.7 Å². The standard InChI is InChI=1S/C29H29N5O3/c1-2-37-27(35)16-17-34(24-6-4-3-5-7-24)29(36)22-13-14-23-19-32-26(33-25(23)18-22)15-10-20-8-11-21(12-9-20)28(30)31/h3-9,11-14,18-19H,2,10,15-17H2,1H3,(H3,30,31). The van der Waals surface area contributed by atoms with Crippen molar-refractivity contribution >= 4 is 34.3 Å². The zero-order chi connectivity index (χ0) is 26.2. The maximum atomic E-state index is 13.5. The molecule has 3 N–H and O–H groups in total. The summed E-state index contributed by atoms with van der Waals surface area (Å²) in [5.41, 5.74) is 9.17. The first-order valence-electron chi connectivity index (χ1n) is 12.2. The van der Waals surface area contributed by atoms with E-state index in [0.717, 1.165) is 17.4 Å². The minimum absolute atomic E-state index is 0.0430. The predicted octanol–water partition coefficient (Wildman–Crippen LogP) is 4.30. The first kappa shape index (κ1) is 25.5. The molecule has 0 spiro atoms. The van der Waals surface area contributed by atoms with E-state index in [4.69, 9.17) is 20.9 Å². The Labute approximate surface area is 215 Å². The molecule has 0 atom stereocenters. The fourth-order valence-corrected chi connectivity index (χ4v) is 3.97. The number of nitrogens with one attached hydrogen (secondary N) is 1. The van der Waals surface area contributed by atoms with Gasteiger partial charge in [-0.25, -0.2) is 9.97 Å². The lowest BCUT2D eigenvalue weighted by Crippen LogP contribution is -2.33. The van der Waals surface area contributed by atoms with Gasteiger partial charge in [0.2, 0.25) is 0 Å². The quantitative estimate of drug-likeness (QED) is 0.192. The molecule has 4 aromatic rings. The maximum Gasteiger partial charge on any atom is 0.307 e. The molecule has 1 aromatic heterocycles. The molecule has 8 nitrogen and oxygen atoms in total. The third-order valence-electron chi connectivity index (χ3n) is 5.94. The van der Waals surface area contributed by atoms with Gasteiger partial charge >= 0.3 is 5.97 Å². The van der Waals surface area contributed by atoms with Crippen LogP contribution in [0.4, 0.5) is 5.69 Å². The summed E-state index contributed by atoms with van der Waals surface area (Å²) in [7, 11) is 0. The fraction of sp³-hybridized carbons (Fsp3) is 0.207. The van der Waals surface area contributed by atoms with Crippen LogP contribution in [0.25, 0.3) is 10.9 Å². The molecule has 3 aromatic carbocycles. The highest BCUT2D eigenvalue weighted by atomic mass is 16.5. The lowest BCUT2D eigenvalue weighted by molar-refractivity contribution is -0.142. The van der Waals surface area contributed by atoms with Gasteiger partial charge in [0, 0.05) is 41.4 Å². The molecule has 0 radical (unpaired) electrons. The first-order valence-corrected chi connectivity index (χ1v) is 12.2. The minimum atomic E-state index is -0.344. The van der Waals surface area contributed by atoms with E-state index in [0.29, 0.717) is 41.2 Å². The molecule has 188 valence electrons. The van der Waals surface area contributed by atoms with Crippen LogP contribution in [0, 0.1) is 5.41 Å². The van der Waals surface area contributed by atoms with Gasteiger partial charge in [-0.2, -0.15) is 0 Å². The third kappa shape index (κ3) is 6.55. The molecule has 0 fully saturated rings. The van der Waals surface area contributed by atoms with E-state index in [-0.39, 0.29) is 30.7 Å². The number of fused-ring (bicyclic) bond motifs is 1. The van der Waals surface area contributed by atoms with Crippen LogP contribution in [0.3, 0.4) is 0 Å². The van der Waals surface area contributed by atoms with Gasteiger partial charge in [0.15, 0.2) is 0 Å². The average molecular weight is 496 g/mol. The van der Waals surface area contributed by atoms with Crippen molar-refractivity contribution in [2.45, 2.75) is 26.2 Å². The summed E-state index contributed by atoms with van der Waals surface area (Å²) in [5.74, 6) is 0.155. The van der Waals surface area contributed by atoms with Crippen molar-refractivity contribution in [1.29, 1.82) is 5.41 Å². The van der Waals surface area contributed by atoms with Gasteiger partial charge in [-0.05, 0) is 43.2 Å². The van der Waals surface area contributed by atoms with Gasteiger partial charge in [-0.1, -0.05) is 48.5 Å². The highest BCUT2D eigenvalue weighted by Crippen LogP contribution is 2.21. The Balaban J connectivity index is 1.53. The smallest absolute Gasteiger partial charge is 0.307 e. The molecule has 0 saturated carbocycles. The summed E-state index contributed by atoms with van der Waals surface area (Å²) in [6.07, 6.45) is 3.23. The third-order valence-corrected chi connectivity index (χ3v) is 5.94. The van der Waals surface area contributed by atoms with Crippen molar-refractivity contribution in [2.24, 2.45) is 5.73 Å². The Morgan fingerprint density at radius 1 is 0.973 bits per heavy atom. The van der Waals surface area contributed by atoms with Gasteiger partial charge in [0.1, 0.15) is 11.7 Å². The van der Waals surface area contributed by atoms with Crippen LogP contribution in [-0.4, -0.2) is 40.8 Å². The molecule has 4 rings (SSSR count). The van der Waals surface area contributed by atoms with E-state index >= 15 is 0 Å². The number of amides is 1. The second kappa shape index (κ2) is 11.9. The van der Waals surface area contributed by atoms with Gasteiger partial charge in [0.25, 0.3) is 5.91 Å². The van der Waals surface area contributed by atoms with Crippen LogP contribution in [0.15, 0.2) is 79.0 Å². The summed E-state index contributed by atoms with van der Waals surface area (Å²) in [6, 6.07) is 22.2. The number of nitrogens with two attached hydrogens (primary N) is 1. The Kier molecular flexibility index (Phi) is 8.20. The van der Waals surface area contributed by atoms with Gasteiger partial charge < -0.3 is 15.4 Å². The number of anilines is 1.